The van der Waals surface area contributed by atoms with E-state index >= 15 is 0 Å². The number of benzene rings is 1. The molecule has 0 heterocycles. The first kappa shape index (κ1) is 12.1. The van der Waals surface area contributed by atoms with Crippen molar-refractivity contribution in [2.75, 3.05) is 0 Å². The summed E-state index contributed by atoms with van der Waals surface area (Å²) < 4.78 is 13.5. The molecule has 3 heteroatoms. The van der Waals surface area contributed by atoms with E-state index in [0.717, 1.165) is 18.4 Å². The van der Waals surface area contributed by atoms with Gasteiger partial charge in [-0.25, -0.2) is 4.39 Å². The van der Waals surface area contributed by atoms with Gasteiger partial charge >= 0.3 is 0 Å². The number of hydrogen-bond acceptors (Lipinski definition) is 1. The molecule has 1 fully saturated rings. The van der Waals surface area contributed by atoms with Gasteiger partial charge < -0.3 is 5.11 Å². The Balaban J connectivity index is 2.12. The molecule has 0 aliphatic heterocycles. The van der Waals surface area contributed by atoms with Crippen LogP contribution in [-0.4, -0.2) is 5.11 Å². The highest BCUT2D eigenvalue weighted by atomic mass is 79.9. The van der Waals surface area contributed by atoms with Gasteiger partial charge in [-0.3, -0.25) is 0 Å². The van der Waals surface area contributed by atoms with Crippen LogP contribution in [0.15, 0.2) is 22.7 Å². The maximum absolute atomic E-state index is 13.1. The molecule has 1 aliphatic carbocycles. The SMILES string of the molecule is O[C@@H](c1ccc(F)c(Br)c1)C1CCCCC1. The van der Waals surface area contributed by atoms with Crippen LogP contribution in [0.25, 0.3) is 0 Å². The zero-order valence-corrected chi connectivity index (χ0v) is 10.7. The molecule has 0 bridgehead atoms. The van der Waals surface area contributed by atoms with Crippen molar-refractivity contribution < 1.29 is 9.50 Å². The first-order valence-corrected chi connectivity index (χ1v) is 6.61. The molecule has 1 aromatic carbocycles. The van der Waals surface area contributed by atoms with E-state index in [9.17, 15) is 9.50 Å². The molecule has 0 saturated heterocycles. The summed E-state index contributed by atoms with van der Waals surface area (Å²) in [6.07, 6.45) is 5.38. The molecule has 0 aromatic heterocycles. The van der Waals surface area contributed by atoms with Crippen LogP contribution in [0.3, 0.4) is 0 Å². The van der Waals surface area contributed by atoms with Crippen molar-refractivity contribution >= 4 is 15.9 Å². The lowest BCUT2D eigenvalue weighted by Gasteiger charge is -2.26. The molecule has 1 aliphatic rings. The first-order valence-electron chi connectivity index (χ1n) is 5.81. The molecule has 1 N–H and O–H groups in total. The van der Waals surface area contributed by atoms with Crippen molar-refractivity contribution in [3.05, 3.63) is 34.1 Å². The van der Waals surface area contributed by atoms with Crippen LogP contribution < -0.4 is 0 Å². The normalized spacial score (nSPS) is 19.7. The van der Waals surface area contributed by atoms with Gasteiger partial charge in [0.2, 0.25) is 0 Å². The van der Waals surface area contributed by atoms with Crippen LogP contribution >= 0.6 is 15.9 Å². The molecule has 1 nitrogen and oxygen atoms in total. The van der Waals surface area contributed by atoms with Gasteiger partial charge in [-0.05, 0) is 52.4 Å². The van der Waals surface area contributed by atoms with Crippen LogP contribution in [0.5, 0.6) is 0 Å². The number of halogens is 2. The maximum atomic E-state index is 13.1. The van der Waals surface area contributed by atoms with Crippen molar-refractivity contribution in [1.82, 2.24) is 0 Å². The van der Waals surface area contributed by atoms with E-state index in [1.54, 1.807) is 12.1 Å². The highest BCUT2D eigenvalue weighted by Crippen LogP contribution is 2.35. The van der Waals surface area contributed by atoms with E-state index in [0.29, 0.717) is 10.4 Å². The largest absolute Gasteiger partial charge is 0.388 e. The molecular formula is C13H16BrFO. The van der Waals surface area contributed by atoms with Gasteiger partial charge in [0.15, 0.2) is 0 Å². The molecule has 1 aromatic rings. The van der Waals surface area contributed by atoms with Crippen molar-refractivity contribution in [2.45, 2.75) is 38.2 Å². The molecule has 2 rings (SSSR count). The third-order valence-corrected chi connectivity index (χ3v) is 3.99. The first-order chi connectivity index (χ1) is 7.68. The van der Waals surface area contributed by atoms with Gasteiger partial charge in [0.1, 0.15) is 5.82 Å². The fourth-order valence-electron chi connectivity index (χ4n) is 2.42. The molecule has 1 saturated carbocycles. The summed E-state index contributed by atoms with van der Waals surface area (Å²) in [5, 5.41) is 10.2. The predicted molar refractivity (Wildman–Crippen MR) is 65.6 cm³/mol. The maximum Gasteiger partial charge on any atom is 0.137 e. The van der Waals surface area contributed by atoms with Crippen molar-refractivity contribution in [3.63, 3.8) is 0 Å². The second-order valence-electron chi connectivity index (χ2n) is 4.52. The van der Waals surface area contributed by atoms with Gasteiger partial charge in [-0.2, -0.15) is 0 Å². The van der Waals surface area contributed by atoms with Crippen LogP contribution in [0.1, 0.15) is 43.8 Å². The lowest BCUT2D eigenvalue weighted by atomic mass is 9.83. The summed E-state index contributed by atoms with van der Waals surface area (Å²) in [5.41, 5.74) is 0.820. The Kier molecular flexibility index (Phi) is 3.98. The van der Waals surface area contributed by atoms with Crippen LogP contribution in [0.2, 0.25) is 0 Å². The lowest BCUT2D eigenvalue weighted by Crippen LogP contribution is -2.16. The monoisotopic (exact) mass is 286 g/mol. The third-order valence-electron chi connectivity index (χ3n) is 3.38. The van der Waals surface area contributed by atoms with E-state index in [4.69, 9.17) is 0 Å². The summed E-state index contributed by atoms with van der Waals surface area (Å²) in [5.74, 6) is 0.0608. The lowest BCUT2D eigenvalue weighted by molar-refractivity contribution is 0.0847. The minimum absolute atomic E-state index is 0.278. The van der Waals surface area contributed by atoms with E-state index in [-0.39, 0.29) is 5.82 Å². The van der Waals surface area contributed by atoms with Crippen molar-refractivity contribution in [3.8, 4) is 0 Å². The van der Waals surface area contributed by atoms with E-state index in [1.165, 1.54) is 25.3 Å². The van der Waals surface area contributed by atoms with E-state index < -0.39 is 6.10 Å². The summed E-state index contributed by atoms with van der Waals surface area (Å²) in [6, 6.07) is 4.78. The number of hydrogen-bond donors (Lipinski definition) is 1. The average molecular weight is 287 g/mol. The molecule has 1 atom stereocenters. The van der Waals surface area contributed by atoms with Crippen LogP contribution in [0.4, 0.5) is 4.39 Å². The summed E-state index contributed by atoms with van der Waals surface area (Å²) >= 11 is 3.15. The Hall–Kier alpha value is -0.410. The number of rotatable bonds is 2. The average Bonchev–Trinajstić information content (AvgIpc) is 2.33. The summed E-state index contributed by atoms with van der Waals surface area (Å²) in [4.78, 5) is 0. The zero-order chi connectivity index (χ0) is 11.5. The molecule has 0 amide bonds. The third kappa shape index (κ3) is 2.64. The topological polar surface area (TPSA) is 20.2 Å². The van der Waals surface area contributed by atoms with E-state index in [1.807, 2.05) is 0 Å². The molecule has 88 valence electrons. The van der Waals surface area contributed by atoms with Gasteiger partial charge in [0.25, 0.3) is 0 Å². The second-order valence-corrected chi connectivity index (χ2v) is 5.37. The summed E-state index contributed by atoms with van der Waals surface area (Å²) in [6.45, 7) is 0. The Morgan fingerprint density at radius 3 is 2.56 bits per heavy atom. The van der Waals surface area contributed by atoms with Gasteiger partial charge in [-0.1, -0.05) is 25.3 Å². The Bertz CT molecular complexity index is 361. The fraction of sp³-hybridized carbons (Fsp3) is 0.538. The molecule has 0 radical (unpaired) electrons. The molecule has 0 spiro atoms. The van der Waals surface area contributed by atoms with Crippen LogP contribution in [0, 0.1) is 11.7 Å². The van der Waals surface area contributed by atoms with Gasteiger partial charge in [0.05, 0.1) is 10.6 Å². The second kappa shape index (κ2) is 5.28. The standard InChI is InChI=1S/C13H16BrFO/c14-11-8-10(6-7-12(11)15)13(16)9-4-2-1-3-5-9/h6-9,13,16H,1-5H2/t13-/m1/s1. The molecule has 16 heavy (non-hydrogen) atoms. The van der Waals surface area contributed by atoms with Crippen molar-refractivity contribution in [2.24, 2.45) is 5.92 Å². The smallest absolute Gasteiger partial charge is 0.137 e. The van der Waals surface area contributed by atoms with Crippen molar-refractivity contribution in [1.29, 1.82) is 0 Å². The minimum Gasteiger partial charge on any atom is -0.388 e. The van der Waals surface area contributed by atoms with Gasteiger partial charge in [0, 0.05) is 0 Å². The highest BCUT2D eigenvalue weighted by Gasteiger charge is 2.23. The Morgan fingerprint density at radius 1 is 1.25 bits per heavy atom. The highest BCUT2D eigenvalue weighted by molar-refractivity contribution is 9.10. The number of aliphatic hydroxyl groups is 1. The Morgan fingerprint density at radius 2 is 1.94 bits per heavy atom. The van der Waals surface area contributed by atoms with E-state index in [2.05, 4.69) is 15.9 Å². The zero-order valence-electron chi connectivity index (χ0n) is 9.13. The number of aliphatic hydroxyl groups excluding tert-OH is 1. The molecule has 0 unspecified atom stereocenters. The summed E-state index contributed by atoms with van der Waals surface area (Å²) in [7, 11) is 0. The Labute approximate surface area is 104 Å². The fourth-order valence-corrected chi connectivity index (χ4v) is 2.81. The molecular weight excluding hydrogens is 271 g/mol. The minimum atomic E-state index is -0.447. The predicted octanol–water partition coefficient (Wildman–Crippen LogP) is 4.20. The van der Waals surface area contributed by atoms with Crippen LogP contribution in [-0.2, 0) is 0 Å². The van der Waals surface area contributed by atoms with Gasteiger partial charge in [-0.15, -0.1) is 0 Å². The quantitative estimate of drug-likeness (QED) is 0.864.